The van der Waals surface area contributed by atoms with Gasteiger partial charge >= 0.3 is 6.09 Å². The fourth-order valence-electron chi connectivity index (χ4n) is 5.36. The van der Waals surface area contributed by atoms with E-state index in [0.717, 1.165) is 23.5 Å². The van der Waals surface area contributed by atoms with Crippen LogP contribution >= 0.6 is 0 Å². The predicted octanol–water partition coefficient (Wildman–Crippen LogP) is 3.87. The number of halogens is 1. The van der Waals surface area contributed by atoms with Crippen molar-refractivity contribution < 1.29 is 13.9 Å². The van der Waals surface area contributed by atoms with E-state index in [4.69, 9.17) is 4.74 Å². The zero-order chi connectivity index (χ0) is 19.8. The molecule has 0 bridgehead atoms. The second-order valence-corrected chi connectivity index (χ2v) is 8.47. The highest BCUT2D eigenvalue weighted by atomic mass is 19.1. The average Bonchev–Trinajstić information content (AvgIpc) is 3.12. The molecule has 2 saturated heterocycles. The number of nitrogens with zero attached hydrogens (tertiary/aromatic N) is 2. The summed E-state index contributed by atoms with van der Waals surface area (Å²) >= 11 is 0. The highest BCUT2D eigenvalue weighted by Gasteiger charge is 2.48. The number of rotatable bonds is 3. The molecule has 4 aliphatic rings. The Kier molecular flexibility index (Phi) is 4.86. The molecule has 6 heteroatoms. The van der Waals surface area contributed by atoms with Crippen LogP contribution in [0.4, 0.5) is 9.18 Å². The molecule has 4 atom stereocenters. The molecule has 5 rings (SSSR count). The van der Waals surface area contributed by atoms with Gasteiger partial charge in [-0.2, -0.15) is 0 Å². The molecule has 1 aromatic rings. The van der Waals surface area contributed by atoms with Crippen molar-refractivity contribution in [2.24, 2.45) is 22.7 Å². The number of hydrogen-bond donors (Lipinski definition) is 1. The van der Waals surface area contributed by atoms with Crippen molar-refractivity contribution in [3.8, 4) is 0 Å². The van der Waals surface area contributed by atoms with Gasteiger partial charge in [0.15, 0.2) is 0 Å². The summed E-state index contributed by atoms with van der Waals surface area (Å²) in [6.45, 7) is 1.90. The number of allylic oxidation sites excluding steroid dienone is 1. The fraction of sp³-hybridized carbons (Fsp3) is 0.478. The molecule has 1 aliphatic carbocycles. The van der Waals surface area contributed by atoms with Crippen molar-refractivity contribution >= 4 is 11.8 Å². The van der Waals surface area contributed by atoms with Gasteiger partial charge in [0.2, 0.25) is 0 Å². The molecule has 1 saturated carbocycles. The summed E-state index contributed by atoms with van der Waals surface area (Å²) in [5.41, 5.74) is 2.57. The first-order valence-electron chi connectivity index (χ1n) is 10.6. The Morgan fingerprint density at radius 3 is 3.00 bits per heavy atom. The summed E-state index contributed by atoms with van der Waals surface area (Å²) in [6, 6.07) is 6.66. The summed E-state index contributed by atoms with van der Waals surface area (Å²) in [4.78, 5) is 18.6. The molecule has 3 aliphatic heterocycles. The number of cyclic esters (lactones) is 1. The van der Waals surface area contributed by atoms with E-state index in [0.29, 0.717) is 30.9 Å². The van der Waals surface area contributed by atoms with Gasteiger partial charge in [0, 0.05) is 18.0 Å². The van der Waals surface area contributed by atoms with Gasteiger partial charge in [0.05, 0.1) is 30.2 Å². The number of piperidine rings is 1. The number of benzene rings is 1. The van der Waals surface area contributed by atoms with Gasteiger partial charge in [-0.3, -0.25) is 4.99 Å². The minimum Gasteiger partial charge on any atom is -0.447 e. The van der Waals surface area contributed by atoms with Crippen molar-refractivity contribution in [3.63, 3.8) is 0 Å². The Balaban J connectivity index is 1.35. The van der Waals surface area contributed by atoms with E-state index in [1.54, 1.807) is 12.3 Å². The molecule has 1 amide bonds. The van der Waals surface area contributed by atoms with Crippen LogP contribution in [0.15, 0.2) is 53.3 Å². The topological polar surface area (TPSA) is 53.9 Å². The smallest absolute Gasteiger partial charge is 0.410 e. The lowest BCUT2D eigenvalue weighted by atomic mass is 9.67. The van der Waals surface area contributed by atoms with Gasteiger partial charge in [-0.05, 0) is 42.9 Å². The normalized spacial score (nSPS) is 31.5. The van der Waals surface area contributed by atoms with Crippen molar-refractivity contribution in [2.45, 2.75) is 31.7 Å². The molecular weight excluding hydrogens is 369 g/mol. The lowest BCUT2D eigenvalue weighted by Gasteiger charge is -2.46. The van der Waals surface area contributed by atoms with Crippen LogP contribution in [0.5, 0.6) is 0 Å². The second-order valence-electron chi connectivity index (χ2n) is 8.47. The maximum atomic E-state index is 13.5. The third-order valence-electron chi connectivity index (χ3n) is 6.83. The van der Waals surface area contributed by atoms with Crippen LogP contribution in [0.3, 0.4) is 0 Å². The second kappa shape index (κ2) is 7.65. The zero-order valence-electron chi connectivity index (χ0n) is 16.4. The third kappa shape index (κ3) is 3.56. The maximum Gasteiger partial charge on any atom is 0.410 e. The highest BCUT2D eigenvalue weighted by Crippen LogP contribution is 2.44. The highest BCUT2D eigenvalue weighted by molar-refractivity contribution is 6.03. The van der Waals surface area contributed by atoms with E-state index in [1.807, 2.05) is 11.0 Å². The minimum absolute atomic E-state index is 0.147. The number of fused-ring (bicyclic) bond motifs is 2. The Bertz CT molecular complexity index is 894. The summed E-state index contributed by atoms with van der Waals surface area (Å²) in [5.74, 6) is 1.26. The molecule has 152 valence electrons. The first-order valence-corrected chi connectivity index (χ1v) is 10.6. The summed E-state index contributed by atoms with van der Waals surface area (Å²) in [7, 11) is 0. The fourth-order valence-corrected chi connectivity index (χ4v) is 5.36. The molecule has 3 fully saturated rings. The molecule has 1 aromatic carbocycles. The van der Waals surface area contributed by atoms with E-state index < -0.39 is 0 Å². The monoisotopic (exact) mass is 395 g/mol. The Morgan fingerprint density at radius 2 is 2.17 bits per heavy atom. The van der Waals surface area contributed by atoms with Crippen LogP contribution in [0.2, 0.25) is 0 Å². The molecule has 1 N–H and O–H groups in total. The molecule has 3 unspecified atom stereocenters. The molecule has 0 aromatic heterocycles. The quantitative estimate of drug-likeness (QED) is 0.845. The van der Waals surface area contributed by atoms with Crippen molar-refractivity contribution in [1.29, 1.82) is 0 Å². The number of hydrogen-bond acceptors (Lipinski definition) is 4. The first kappa shape index (κ1) is 18.4. The zero-order valence-corrected chi connectivity index (χ0v) is 16.4. The first-order chi connectivity index (χ1) is 14.2. The predicted molar refractivity (Wildman–Crippen MR) is 109 cm³/mol. The van der Waals surface area contributed by atoms with Crippen LogP contribution in [0, 0.1) is 23.6 Å². The summed E-state index contributed by atoms with van der Waals surface area (Å²) < 4.78 is 18.8. The summed E-state index contributed by atoms with van der Waals surface area (Å²) in [5, 5.41) is 3.38. The van der Waals surface area contributed by atoms with Gasteiger partial charge < -0.3 is 15.0 Å². The van der Waals surface area contributed by atoms with Crippen LogP contribution in [-0.2, 0) is 4.74 Å². The molecule has 0 spiro atoms. The van der Waals surface area contributed by atoms with Gasteiger partial charge in [-0.25, -0.2) is 9.18 Å². The number of nitrogens with one attached hydrogen (secondary N) is 1. The molecular formula is C23H26FN3O2. The van der Waals surface area contributed by atoms with E-state index >= 15 is 0 Å². The van der Waals surface area contributed by atoms with Crippen molar-refractivity contribution in [1.82, 2.24) is 10.2 Å². The van der Waals surface area contributed by atoms with Crippen LogP contribution in [-0.4, -0.2) is 42.4 Å². The van der Waals surface area contributed by atoms with E-state index in [9.17, 15) is 9.18 Å². The lowest BCUT2D eigenvalue weighted by Crippen LogP contribution is -2.52. The van der Waals surface area contributed by atoms with Gasteiger partial charge in [0.25, 0.3) is 0 Å². The molecule has 5 nitrogen and oxygen atoms in total. The SMILES string of the molecule is O=C1OC[C@@H]2C(/C=C/C3=CN=C(c4cccc(F)c4)CN3)C3CCCCC3CN12. The van der Waals surface area contributed by atoms with E-state index in [2.05, 4.69) is 22.5 Å². The molecule has 3 heterocycles. The number of ether oxygens (including phenoxy) is 1. The number of amides is 1. The number of carbonyl (C=O) groups is 1. The number of aliphatic imine (C=N–C) groups is 1. The standard InChI is InChI=1S/C23H26FN3O2/c24-17-6-3-5-15(10-17)21-12-25-18(11-26-21)8-9-20-19-7-2-1-4-16(19)13-27-22(20)14-29-23(27)28/h3,5-6,8-11,16,19-20,22,25H,1-2,4,7,12-14H2/b9-8+/t16?,19?,20?,22-/m1/s1. The Morgan fingerprint density at radius 1 is 1.28 bits per heavy atom. The van der Waals surface area contributed by atoms with Gasteiger partial charge in [0.1, 0.15) is 12.4 Å². The van der Waals surface area contributed by atoms with Gasteiger partial charge in [-0.1, -0.05) is 31.1 Å². The minimum atomic E-state index is -0.253. The summed E-state index contributed by atoms with van der Waals surface area (Å²) in [6.07, 6.45) is 11.0. The maximum absolute atomic E-state index is 13.5. The Labute approximate surface area is 170 Å². The van der Waals surface area contributed by atoms with E-state index in [-0.39, 0.29) is 18.0 Å². The van der Waals surface area contributed by atoms with Crippen LogP contribution in [0.1, 0.15) is 31.2 Å². The van der Waals surface area contributed by atoms with Crippen molar-refractivity contribution in [2.75, 3.05) is 19.7 Å². The van der Waals surface area contributed by atoms with Gasteiger partial charge in [-0.15, -0.1) is 0 Å². The molecule has 29 heavy (non-hydrogen) atoms. The average molecular weight is 395 g/mol. The Hall–Kier alpha value is -2.63. The molecule has 0 radical (unpaired) electrons. The van der Waals surface area contributed by atoms with Crippen LogP contribution < -0.4 is 5.32 Å². The third-order valence-corrected chi connectivity index (χ3v) is 6.83. The van der Waals surface area contributed by atoms with Crippen LogP contribution in [0.25, 0.3) is 0 Å². The number of carbonyl (C=O) groups excluding carboxylic acids is 1. The van der Waals surface area contributed by atoms with E-state index in [1.165, 1.54) is 37.8 Å². The lowest BCUT2D eigenvalue weighted by molar-refractivity contribution is 0.0468. The van der Waals surface area contributed by atoms with Crippen molar-refractivity contribution in [3.05, 3.63) is 59.7 Å². The largest absolute Gasteiger partial charge is 0.447 e.